The van der Waals surface area contributed by atoms with E-state index in [2.05, 4.69) is 26.1 Å². The molecule has 0 amide bonds. The van der Waals surface area contributed by atoms with Gasteiger partial charge in [-0.15, -0.1) is 0 Å². The van der Waals surface area contributed by atoms with E-state index in [1.807, 2.05) is 34.4 Å². The zero-order valence-corrected chi connectivity index (χ0v) is 14.3. The number of nitrogens with zero attached hydrogens (tertiary/aromatic N) is 7. The van der Waals surface area contributed by atoms with Crippen LogP contribution in [-0.2, 0) is 5.60 Å². The van der Waals surface area contributed by atoms with Crippen LogP contribution in [0.5, 0.6) is 0 Å². The molecule has 4 aliphatic rings. The molecule has 1 aromatic heterocycles. The van der Waals surface area contributed by atoms with E-state index in [0.29, 0.717) is 32.1 Å². The Labute approximate surface area is 153 Å². The number of hydrogen-bond donors (Lipinski definition) is 1. The highest BCUT2D eigenvalue weighted by molar-refractivity contribution is 6.15. The van der Waals surface area contributed by atoms with Crippen LogP contribution in [0.2, 0.25) is 0 Å². The average molecular weight is 372 g/mol. The maximum Gasteiger partial charge on any atom is 0.287 e. The summed E-state index contributed by atoms with van der Waals surface area (Å²) in [7, 11) is 0. The van der Waals surface area contributed by atoms with Crippen molar-refractivity contribution in [2.75, 3.05) is 23.2 Å². The van der Waals surface area contributed by atoms with Gasteiger partial charge >= 0.3 is 0 Å². The van der Waals surface area contributed by atoms with Gasteiger partial charge in [0.2, 0.25) is 0 Å². The molecule has 6 rings (SSSR count). The van der Waals surface area contributed by atoms with Crippen LogP contribution in [0.4, 0.5) is 11.6 Å². The SMILES string of the molecule is OC1(c2nc(N3CN=C4c5ccccc5N5CN(Cl)C=C5N43)no2)CC1. The molecule has 1 aromatic carbocycles. The minimum absolute atomic E-state index is 0.259. The third-order valence-electron chi connectivity index (χ3n) is 5.03. The molecule has 2 aromatic rings. The van der Waals surface area contributed by atoms with Gasteiger partial charge in [-0.25, -0.2) is 15.0 Å². The van der Waals surface area contributed by atoms with Crippen LogP contribution in [0, 0.1) is 0 Å². The first-order valence-corrected chi connectivity index (χ1v) is 8.68. The number of aliphatic imine (C=N–C) groups is 1. The fraction of sp³-hybridized carbons (Fsp3) is 0.312. The molecule has 1 saturated carbocycles. The van der Waals surface area contributed by atoms with Crippen LogP contribution in [0.3, 0.4) is 0 Å². The number of benzene rings is 1. The third kappa shape index (κ3) is 1.81. The summed E-state index contributed by atoms with van der Waals surface area (Å²) in [6.07, 6.45) is 3.14. The number of halogens is 1. The Hall–Kier alpha value is -2.78. The van der Waals surface area contributed by atoms with Crippen molar-refractivity contribution in [2.24, 2.45) is 4.99 Å². The van der Waals surface area contributed by atoms with Gasteiger partial charge in [0.05, 0.1) is 11.9 Å². The van der Waals surface area contributed by atoms with E-state index in [4.69, 9.17) is 16.3 Å². The van der Waals surface area contributed by atoms with Gasteiger partial charge in [-0.3, -0.25) is 4.42 Å². The molecule has 0 spiro atoms. The molecule has 10 heteroatoms. The number of para-hydroxylation sites is 1. The number of amidine groups is 1. The predicted molar refractivity (Wildman–Crippen MR) is 92.7 cm³/mol. The van der Waals surface area contributed by atoms with Gasteiger partial charge in [0.15, 0.2) is 11.7 Å². The second-order valence-corrected chi connectivity index (χ2v) is 7.17. The van der Waals surface area contributed by atoms with Crippen LogP contribution in [-0.4, -0.2) is 43.8 Å². The quantitative estimate of drug-likeness (QED) is 0.796. The number of fused-ring (bicyclic) bond motifs is 6. The summed E-state index contributed by atoms with van der Waals surface area (Å²) >= 11 is 6.26. The van der Waals surface area contributed by atoms with Gasteiger partial charge < -0.3 is 14.5 Å². The second-order valence-electron chi connectivity index (χ2n) is 6.74. The van der Waals surface area contributed by atoms with Gasteiger partial charge in [0.1, 0.15) is 18.9 Å². The fourth-order valence-electron chi connectivity index (χ4n) is 3.51. The van der Waals surface area contributed by atoms with Gasteiger partial charge in [-0.1, -0.05) is 12.1 Å². The lowest BCUT2D eigenvalue weighted by Gasteiger charge is -2.39. The smallest absolute Gasteiger partial charge is 0.287 e. The van der Waals surface area contributed by atoms with Crippen LogP contribution >= 0.6 is 11.8 Å². The fourth-order valence-corrected chi connectivity index (χ4v) is 3.71. The van der Waals surface area contributed by atoms with E-state index in [1.54, 1.807) is 4.42 Å². The standard InChI is InChI=1S/C16H14ClN7O2/c17-21-7-12-22(9-21)11-4-2-1-3-10(11)13-18-8-23(24(12)13)15-19-14(26-20-15)16(25)5-6-16/h1-4,7,25H,5-6,8-9H2. The number of anilines is 2. The molecule has 0 saturated heterocycles. The lowest BCUT2D eigenvalue weighted by molar-refractivity contribution is 0.108. The maximum atomic E-state index is 10.2. The Morgan fingerprint density at radius 2 is 2.08 bits per heavy atom. The minimum atomic E-state index is -0.964. The van der Waals surface area contributed by atoms with Crippen LogP contribution < -0.4 is 9.91 Å². The molecule has 1 fully saturated rings. The van der Waals surface area contributed by atoms with Crippen LogP contribution in [0.25, 0.3) is 0 Å². The van der Waals surface area contributed by atoms with E-state index >= 15 is 0 Å². The molecule has 0 unspecified atom stereocenters. The average Bonchev–Trinajstić information content (AvgIpc) is 3.05. The number of hydrazine groups is 1. The number of rotatable bonds is 2. The summed E-state index contributed by atoms with van der Waals surface area (Å²) in [5.74, 6) is 2.31. The molecule has 0 radical (unpaired) electrons. The Bertz CT molecular complexity index is 982. The molecule has 0 bridgehead atoms. The van der Waals surface area contributed by atoms with Crippen molar-refractivity contribution in [1.82, 2.24) is 19.6 Å². The Morgan fingerprint density at radius 1 is 1.23 bits per heavy atom. The summed E-state index contributed by atoms with van der Waals surface area (Å²) in [4.78, 5) is 11.2. The Balaban J connectivity index is 1.45. The van der Waals surface area contributed by atoms with E-state index in [1.165, 1.54) is 0 Å². The maximum absolute atomic E-state index is 10.2. The molecular formula is C16H14ClN7O2. The Kier molecular flexibility index (Phi) is 2.59. The first kappa shape index (κ1) is 14.4. The van der Waals surface area contributed by atoms with E-state index < -0.39 is 5.60 Å². The highest BCUT2D eigenvalue weighted by Crippen LogP contribution is 2.45. The molecule has 9 nitrogen and oxygen atoms in total. The van der Waals surface area contributed by atoms with Crippen molar-refractivity contribution < 1.29 is 9.63 Å². The zero-order valence-electron chi connectivity index (χ0n) is 13.6. The molecule has 1 aliphatic carbocycles. The highest BCUT2D eigenvalue weighted by Gasteiger charge is 2.49. The van der Waals surface area contributed by atoms with E-state index in [0.717, 1.165) is 22.9 Å². The molecule has 26 heavy (non-hydrogen) atoms. The molecule has 0 atom stereocenters. The van der Waals surface area contributed by atoms with Gasteiger partial charge in [-0.05, 0) is 30.1 Å². The largest absolute Gasteiger partial charge is 0.380 e. The van der Waals surface area contributed by atoms with Crippen molar-refractivity contribution in [3.63, 3.8) is 0 Å². The van der Waals surface area contributed by atoms with E-state index in [-0.39, 0.29) is 5.89 Å². The van der Waals surface area contributed by atoms with Crippen molar-refractivity contribution in [3.05, 3.63) is 47.7 Å². The Morgan fingerprint density at radius 3 is 2.92 bits per heavy atom. The number of hydrogen-bond acceptors (Lipinski definition) is 9. The first-order valence-electron chi connectivity index (χ1n) is 8.34. The second kappa shape index (κ2) is 4.68. The predicted octanol–water partition coefficient (Wildman–Crippen LogP) is 1.54. The van der Waals surface area contributed by atoms with Crippen LogP contribution in [0.15, 0.2) is 45.8 Å². The van der Waals surface area contributed by atoms with E-state index in [9.17, 15) is 5.11 Å². The normalized spacial score (nSPS) is 22.1. The van der Waals surface area contributed by atoms with Gasteiger partial charge in [0, 0.05) is 17.3 Å². The first-order chi connectivity index (χ1) is 12.6. The lowest BCUT2D eigenvalue weighted by atomic mass is 10.1. The molecule has 3 aliphatic heterocycles. The number of aromatic nitrogens is 2. The molecular weight excluding hydrogens is 358 g/mol. The van der Waals surface area contributed by atoms with Crippen molar-refractivity contribution in [2.45, 2.75) is 18.4 Å². The topological polar surface area (TPSA) is 84.5 Å². The molecule has 1 N–H and O–H groups in total. The summed E-state index contributed by atoms with van der Waals surface area (Å²) in [6, 6.07) is 8.07. The summed E-state index contributed by atoms with van der Waals surface area (Å²) < 4.78 is 6.88. The van der Waals surface area contributed by atoms with Gasteiger partial charge in [-0.2, -0.15) is 4.98 Å². The van der Waals surface area contributed by atoms with Crippen molar-refractivity contribution in [1.29, 1.82) is 0 Å². The highest BCUT2D eigenvalue weighted by atomic mass is 35.5. The number of aliphatic hydroxyl groups is 1. The summed E-state index contributed by atoms with van der Waals surface area (Å²) in [5, 5.41) is 18.0. The molecule has 132 valence electrons. The molecule has 4 heterocycles. The monoisotopic (exact) mass is 371 g/mol. The zero-order chi connectivity index (χ0) is 17.5. The van der Waals surface area contributed by atoms with Crippen molar-refractivity contribution >= 4 is 29.2 Å². The van der Waals surface area contributed by atoms with Gasteiger partial charge in [0.25, 0.3) is 11.8 Å². The summed E-state index contributed by atoms with van der Waals surface area (Å²) in [6.45, 7) is 0.886. The lowest BCUT2D eigenvalue weighted by Crippen LogP contribution is -2.49. The third-order valence-corrected chi connectivity index (χ3v) is 5.23. The van der Waals surface area contributed by atoms with Crippen molar-refractivity contribution in [3.8, 4) is 0 Å². The minimum Gasteiger partial charge on any atom is -0.380 e. The van der Waals surface area contributed by atoms with Crippen LogP contribution in [0.1, 0.15) is 24.3 Å². The summed E-state index contributed by atoms with van der Waals surface area (Å²) in [5.41, 5.74) is 1.11.